The number of fused-ring (bicyclic) bond motifs is 1. The molecule has 0 aromatic heterocycles. The summed E-state index contributed by atoms with van der Waals surface area (Å²) in [5.74, 6) is 0.0112. The van der Waals surface area contributed by atoms with E-state index in [-0.39, 0.29) is 5.75 Å². The van der Waals surface area contributed by atoms with Crippen LogP contribution in [0.25, 0.3) is 10.8 Å². The average Bonchev–Trinajstić information content (AvgIpc) is 2.60. The lowest BCUT2D eigenvalue weighted by molar-refractivity contribution is 0.0784. The highest BCUT2D eigenvalue weighted by atomic mass is 32.2. The van der Waals surface area contributed by atoms with Crippen LogP contribution in [-0.4, -0.2) is 59.1 Å². The molecule has 2 aromatic carbocycles. The minimum Gasteiger partial charge on any atom is -0.360 e. The monoisotopic (exact) mass is 362 g/mol. The zero-order valence-electron chi connectivity index (χ0n) is 14.9. The van der Waals surface area contributed by atoms with Crippen molar-refractivity contribution in [2.75, 3.05) is 40.3 Å². The zero-order chi connectivity index (χ0) is 17.9. The molecule has 6 heteroatoms. The second-order valence-corrected chi connectivity index (χ2v) is 8.98. The molecule has 1 saturated heterocycles. The van der Waals surface area contributed by atoms with Crippen molar-refractivity contribution in [2.24, 2.45) is 0 Å². The van der Waals surface area contributed by atoms with E-state index in [4.69, 9.17) is 4.74 Å². The van der Waals surface area contributed by atoms with Crippen LogP contribution in [0.3, 0.4) is 0 Å². The van der Waals surface area contributed by atoms with E-state index in [2.05, 4.69) is 42.5 Å². The van der Waals surface area contributed by atoms with Gasteiger partial charge in [0, 0.05) is 19.6 Å². The number of rotatable bonds is 6. The van der Waals surface area contributed by atoms with E-state index in [1.54, 1.807) is 0 Å². The van der Waals surface area contributed by atoms with Crippen molar-refractivity contribution in [1.29, 1.82) is 0 Å². The summed E-state index contributed by atoms with van der Waals surface area (Å²) in [6, 6.07) is 12.2. The van der Waals surface area contributed by atoms with Crippen LogP contribution in [0.2, 0.25) is 0 Å². The maximum atomic E-state index is 12.6. The zero-order valence-corrected chi connectivity index (χ0v) is 15.7. The lowest BCUT2D eigenvalue weighted by Gasteiger charge is -2.23. The van der Waals surface area contributed by atoms with Crippen LogP contribution < -0.4 is 5.32 Å². The summed E-state index contributed by atoms with van der Waals surface area (Å²) >= 11 is 0. The van der Waals surface area contributed by atoms with Crippen LogP contribution in [0.15, 0.2) is 36.4 Å². The van der Waals surface area contributed by atoms with Crippen molar-refractivity contribution < 1.29 is 13.2 Å². The molecule has 1 unspecified atom stereocenters. The summed E-state index contributed by atoms with van der Waals surface area (Å²) in [6.07, 6.45) is 0.941. The van der Waals surface area contributed by atoms with E-state index in [0.717, 1.165) is 29.3 Å². The van der Waals surface area contributed by atoms with Crippen molar-refractivity contribution in [1.82, 2.24) is 10.2 Å². The maximum absolute atomic E-state index is 12.6. The quantitative estimate of drug-likeness (QED) is 0.849. The number of sulfone groups is 1. The Balaban J connectivity index is 1.85. The highest BCUT2D eigenvalue weighted by Crippen LogP contribution is 2.23. The van der Waals surface area contributed by atoms with Crippen molar-refractivity contribution in [3.63, 3.8) is 0 Å². The van der Waals surface area contributed by atoms with E-state index in [0.29, 0.717) is 19.7 Å². The molecule has 0 spiro atoms. The molecule has 0 saturated carbocycles. The fourth-order valence-corrected chi connectivity index (χ4v) is 4.64. The summed E-state index contributed by atoms with van der Waals surface area (Å²) in [4.78, 5) is 2.15. The van der Waals surface area contributed by atoms with E-state index < -0.39 is 15.3 Å². The molecule has 1 atom stereocenters. The van der Waals surface area contributed by atoms with Gasteiger partial charge in [-0.1, -0.05) is 30.3 Å². The highest BCUT2D eigenvalue weighted by Gasteiger charge is 2.28. The third kappa shape index (κ3) is 4.58. The minimum absolute atomic E-state index is 0.0112. The lowest BCUT2D eigenvalue weighted by atomic mass is 10.0. The van der Waals surface area contributed by atoms with Crippen molar-refractivity contribution in [3.05, 3.63) is 47.5 Å². The Morgan fingerprint density at radius 1 is 1.24 bits per heavy atom. The maximum Gasteiger partial charge on any atom is 0.182 e. The molecular formula is C19H26N2O3S. The molecule has 1 N–H and O–H groups in total. The summed E-state index contributed by atoms with van der Waals surface area (Å²) in [6.45, 7) is 2.47. The predicted molar refractivity (Wildman–Crippen MR) is 101 cm³/mol. The highest BCUT2D eigenvalue weighted by molar-refractivity contribution is 7.91. The first kappa shape index (κ1) is 18.3. The molecule has 0 amide bonds. The van der Waals surface area contributed by atoms with Crippen LogP contribution in [0.5, 0.6) is 0 Å². The molecule has 3 rings (SSSR count). The van der Waals surface area contributed by atoms with Gasteiger partial charge in [0.15, 0.2) is 15.3 Å². The number of hydrogen-bond donors (Lipinski definition) is 1. The first-order valence-corrected chi connectivity index (χ1v) is 10.4. The molecule has 1 aliphatic heterocycles. The van der Waals surface area contributed by atoms with Crippen LogP contribution in [0.4, 0.5) is 0 Å². The Hall–Kier alpha value is -1.47. The fourth-order valence-electron chi connectivity index (χ4n) is 3.13. The van der Waals surface area contributed by atoms with Gasteiger partial charge in [-0.15, -0.1) is 0 Å². The van der Waals surface area contributed by atoms with Gasteiger partial charge >= 0.3 is 0 Å². The van der Waals surface area contributed by atoms with Gasteiger partial charge in [-0.25, -0.2) is 8.42 Å². The van der Waals surface area contributed by atoms with E-state index in [1.165, 1.54) is 5.56 Å². The molecule has 2 aromatic rings. The van der Waals surface area contributed by atoms with Gasteiger partial charge in [-0.05, 0) is 48.5 Å². The number of morpholine rings is 1. The van der Waals surface area contributed by atoms with Crippen LogP contribution in [0, 0.1) is 0 Å². The Labute approximate surface area is 149 Å². The Bertz CT molecular complexity index is 828. The molecule has 0 radical (unpaired) electrons. The minimum atomic E-state index is -3.34. The summed E-state index contributed by atoms with van der Waals surface area (Å²) < 4.78 is 30.7. The summed E-state index contributed by atoms with van der Waals surface area (Å²) in [5, 5.41) is 5.37. The van der Waals surface area contributed by atoms with Crippen molar-refractivity contribution in [3.8, 4) is 0 Å². The van der Waals surface area contributed by atoms with Crippen molar-refractivity contribution in [2.45, 2.75) is 17.6 Å². The molecule has 0 aliphatic carbocycles. The van der Waals surface area contributed by atoms with Gasteiger partial charge in [0.05, 0.1) is 12.4 Å². The van der Waals surface area contributed by atoms with Crippen LogP contribution in [-0.2, 0) is 26.7 Å². The standard InChI is InChI=1S/C19H26N2O3S/c1-21(2)10-8-17-5-3-4-16-7-6-15(12-18(16)17)14-25(22,23)19-13-20-9-11-24-19/h3-7,12,19-20H,8-11,13-14H2,1-2H3. The molecule has 5 nitrogen and oxygen atoms in total. The Morgan fingerprint density at radius 2 is 2.08 bits per heavy atom. The van der Waals surface area contributed by atoms with E-state index in [9.17, 15) is 8.42 Å². The Kier molecular flexibility index (Phi) is 5.74. The van der Waals surface area contributed by atoms with Gasteiger partial charge in [-0.3, -0.25) is 0 Å². The smallest absolute Gasteiger partial charge is 0.182 e. The average molecular weight is 362 g/mol. The largest absolute Gasteiger partial charge is 0.360 e. The van der Waals surface area contributed by atoms with E-state index in [1.807, 2.05) is 18.2 Å². The molecule has 1 aliphatic rings. The molecule has 1 fully saturated rings. The normalized spacial score (nSPS) is 18.8. The van der Waals surface area contributed by atoms with Gasteiger partial charge in [0.2, 0.25) is 0 Å². The van der Waals surface area contributed by atoms with E-state index >= 15 is 0 Å². The third-order valence-electron chi connectivity index (χ3n) is 4.53. The van der Waals surface area contributed by atoms with Crippen LogP contribution in [0.1, 0.15) is 11.1 Å². The molecular weight excluding hydrogens is 336 g/mol. The van der Waals surface area contributed by atoms with Gasteiger partial charge in [0.1, 0.15) is 0 Å². The fraction of sp³-hybridized carbons (Fsp3) is 0.474. The number of nitrogens with zero attached hydrogens (tertiary/aromatic N) is 1. The van der Waals surface area contributed by atoms with Gasteiger partial charge in [0.25, 0.3) is 0 Å². The predicted octanol–water partition coefficient (Wildman–Crippen LogP) is 1.80. The second kappa shape index (κ2) is 7.83. The van der Waals surface area contributed by atoms with Crippen molar-refractivity contribution >= 4 is 20.6 Å². The van der Waals surface area contributed by atoms with Gasteiger partial charge < -0.3 is 15.0 Å². The van der Waals surface area contributed by atoms with Gasteiger partial charge in [-0.2, -0.15) is 0 Å². The molecule has 25 heavy (non-hydrogen) atoms. The number of nitrogens with one attached hydrogen (secondary N) is 1. The second-order valence-electron chi connectivity index (χ2n) is 6.84. The SMILES string of the molecule is CN(C)CCc1cccc2ccc(CS(=O)(=O)C3CNCCO3)cc12. The number of benzene rings is 2. The first-order valence-electron chi connectivity index (χ1n) is 8.65. The number of ether oxygens (including phenoxy) is 1. The Morgan fingerprint density at radius 3 is 2.80 bits per heavy atom. The molecule has 0 bridgehead atoms. The number of hydrogen-bond acceptors (Lipinski definition) is 5. The molecule has 136 valence electrons. The van der Waals surface area contributed by atoms with Crippen LogP contribution >= 0.6 is 0 Å². The number of likely N-dealkylation sites (N-methyl/N-ethyl adjacent to an activating group) is 1. The third-order valence-corrected chi connectivity index (χ3v) is 6.37. The summed E-state index contributed by atoms with van der Waals surface area (Å²) in [5.41, 5.74) is 1.32. The summed E-state index contributed by atoms with van der Waals surface area (Å²) in [7, 11) is 0.777. The topological polar surface area (TPSA) is 58.6 Å². The lowest BCUT2D eigenvalue weighted by Crippen LogP contribution is -2.43. The molecule has 1 heterocycles. The first-order chi connectivity index (χ1) is 12.0.